The number of halogens is 1. The standard InChI is InChI=1S/C17H23BrN2O/c1-2-20(15-8-9-15)17(21)12-19-10-4-7-16(19)13-5-3-6-14(18)11-13/h3,5-6,11,15-16H,2,4,7-10,12H2,1H3. The van der Waals surface area contributed by atoms with Crippen molar-refractivity contribution in [2.45, 2.75) is 44.7 Å². The third-order valence-electron chi connectivity index (χ3n) is 4.58. The van der Waals surface area contributed by atoms with Crippen LogP contribution in [-0.2, 0) is 4.79 Å². The van der Waals surface area contributed by atoms with Crippen LogP contribution in [0.25, 0.3) is 0 Å². The van der Waals surface area contributed by atoms with Crippen LogP contribution >= 0.6 is 15.9 Å². The monoisotopic (exact) mass is 350 g/mol. The molecule has 3 nitrogen and oxygen atoms in total. The van der Waals surface area contributed by atoms with Crippen molar-refractivity contribution in [3.8, 4) is 0 Å². The van der Waals surface area contributed by atoms with Crippen LogP contribution in [0.5, 0.6) is 0 Å². The SMILES string of the molecule is CCN(C(=O)CN1CCCC1c1cccc(Br)c1)C1CC1. The Balaban J connectivity index is 1.68. The quantitative estimate of drug-likeness (QED) is 0.809. The molecule has 4 heteroatoms. The highest BCUT2D eigenvalue weighted by molar-refractivity contribution is 9.10. The molecule has 1 heterocycles. The molecule has 1 aromatic rings. The first-order valence-corrected chi connectivity index (χ1v) is 8.77. The van der Waals surface area contributed by atoms with Gasteiger partial charge in [0.15, 0.2) is 0 Å². The summed E-state index contributed by atoms with van der Waals surface area (Å²) in [6.45, 7) is 4.54. The molecule has 1 saturated carbocycles. The van der Waals surface area contributed by atoms with E-state index in [0.29, 0.717) is 24.5 Å². The van der Waals surface area contributed by atoms with E-state index in [-0.39, 0.29) is 0 Å². The Labute approximate surface area is 135 Å². The summed E-state index contributed by atoms with van der Waals surface area (Å²) < 4.78 is 1.12. The van der Waals surface area contributed by atoms with Crippen molar-refractivity contribution >= 4 is 21.8 Å². The summed E-state index contributed by atoms with van der Waals surface area (Å²) >= 11 is 3.55. The Hall–Kier alpha value is -0.870. The highest BCUT2D eigenvalue weighted by atomic mass is 79.9. The number of rotatable bonds is 5. The van der Waals surface area contributed by atoms with Gasteiger partial charge in [0.1, 0.15) is 0 Å². The first-order valence-electron chi connectivity index (χ1n) is 7.98. The zero-order chi connectivity index (χ0) is 14.8. The molecule has 2 fully saturated rings. The second-order valence-electron chi connectivity index (χ2n) is 6.09. The summed E-state index contributed by atoms with van der Waals surface area (Å²) in [5.41, 5.74) is 1.32. The fourth-order valence-electron chi connectivity index (χ4n) is 3.40. The predicted molar refractivity (Wildman–Crippen MR) is 88.1 cm³/mol. The summed E-state index contributed by atoms with van der Waals surface area (Å²) in [5, 5.41) is 0. The predicted octanol–water partition coefficient (Wildman–Crippen LogP) is 3.60. The minimum atomic E-state index is 0.307. The van der Waals surface area contributed by atoms with Crippen molar-refractivity contribution in [1.82, 2.24) is 9.80 Å². The number of likely N-dealkylation sites (tertiary alicyclic amines) is 1. The highest BCUT2D eigenvalue weighted by Crippen LogP contribution is 2.33. The van der Waals surface area contributed by atoms with Crippen LogP contribution in [0.15, 0.2) is 28.7 Å². The average Bonchev–Trinajstić information content (AvgIpc) is 3.18. The Morgan fingerprint density at radius 3 is 2.86 bits per heavy atom. The third kappa shape index (κ3) is 3.49. The number of carbonyl (C=O) groups is 1. The molecule has 1 unspecified atom stereocenters. The minimum absolute atomic E-state index is 0.307. The van der Waals surface area contributed by atoms with Crippen molar-refractivity contribution in [2.24, 2.45) is 0 Å². The van der Waals surface area contributed by atoms with Crippen molar-refractivity contribution in [3.63, 3.8) is 0 Å². The number of amides is 1. The molecule has 0 aromatic heterocycles. The van der Waals surface area contributed by atoms with Gasteiger partial charge in [-0.3, -0.25) is 9.69 Å². The highest BCUT2D eigenvalue weighted by Gasteiger charge is 2.34. The molecule has 0 N–H and O–H groups in total. The molecule has 0 radical (unpaired) electrons. The lowest BCUT2D eigenvalue weighted by atomic mass is 10.0. The van der Waals surface area contributed by atoms with Crippen LogP contribution in [0.1, 0.15) is 44.2 Å². The molecule has 1 amide bonds. The lowest BCUT2D eigenvalue weighted by Gasteiger charge is -2.28. The topological polar surface area (TPSA) is 23.6 Å². The van der Waals surface area contributed by atoms with E-state index < -0.39 is 0 Å². The lowest BCUT2D eigenvalue weighted by molar-refractivity contribution is -0.133. The Morgan fingerprint density at radius 2 is 2.19 bits per heavy atom. The minimum Gasteiger partial charge on any atom is -0.339 e. The summed E-state index contributed by atoms with van der Waals surface area (Å²) in [6, 6.07) is 9.42. The molecule has 114 valence electrons. The van der Waals surface area contributed by atoms with Crippen molar-refractivity contribution in [2.75, 3.05) is 19.6 Å². The normalized spacial score (nSPS) is 22.5. The Bertz CT molecular complexity index is 515. The molecule has 3 rings (SSSR count). The maximum atomic E-state index is 12.5. The summed E-state index contributed by atoms with van der Waals surface area (Å²) in [7, 11) is 0. The number of hydrogen-bond donors (Lipinski definition) is 0. The van der Waals surface area contributed by atoms with E-state index >= 15 is 0 Å². The van der Waals surface area contributed by atoms with Crippen LogP contribution in [0.3, 0.4) is 0 Å². The van der Waals surface area contributed by atoms with Crippen LogP contribution in [0, 0.1) is 0 Å². The van der Waals surface area contributed by atoms with Gasteiger partial charge in [-0.25, -0.2) is 0 Å². The fourth-order valence-corrected chi connectivity index (χ4v) is 3.81. The molecule has 0 bridgehead atoms. The molecule has 1 aromatic carbocycles. The van der Waals surface area contributed by atoms with Gasteiger partial charge >= 0.3 is 0 Å². The molecule has 1 aliphatic heterocycles. The van der Waals surface area contributed by atoms with E-state index in [9.17, 15) is 4.79 Å². The second-order valence-corrected chi connectivity index (χ2v) is 7.01. The maximum absolute atomic E-state index is 12.5. The number of nitrogens with zero attached hydrogens (tertiary/aromatic N) is 2. The summed E-state index contributed by atoms with van der Waals surface area (Å²) in [5.74, 6) is 0.307. The van der Waals surface area contributed by atoms with Gasteiger partial charge in [-0.15, -0.1) is 0 Å². The van der Waals surface area contributed by atoms with Gasteiger partial charge in [-0.2, -0.15) is 0 Å². The van der Waals surface area contributed by atoms with Gasteiger partial charge in [-0.05, 0) is 56.8 Å². The molecule has 0 spiro atoms. The molecule has 2 aliphatic rings. The number of likely N-dealkylation sites (N-methyl/N-ethyl adjacent to an activating group) is 1. The molecule has 1 saturated heterocycles. The van der Waals surface area contributed by atoms with E-state index in [4.69, 9.17) is 0 Å². The molecular formula is C17H23BrN2O. The number of benzene rings is 1. The van der Waals surface area contributed by atoms with Crippen LogP contribution in [0.2, 0.25) is 0 Å². The van der Waals surface area contributed by atoms with Gasteiger partial charge in [-0.1, -0.05) is 28.1 Å². The fraction of sp³-hybridized carbons (Fsp3) is 0.588. The van der Waals surface area contributed by atoms with Crippen LogP contribution < -0.4 is 0 Å². The maximum Gasteiger partial charge on any atom is 0.237 e. The smallest absolute Gasteiger partial charge is 0.237 e. The molecular weight excluding hydrogens is 328 g/mol. The van der Waals surface area contributed by atoms with E-state index in [1.165, 1.54) is 24.8 Å². The van der Waals surface area contributed by atoms with E-state index in [0.717, 1.165) is 24.0 Å². The van der Waals surface area contributed by atoms with Crippen molar-refractivity contribution in [1.29, 1.82) is 0 Å². The summed E-state index contributed by atoms with van der Waals surface area (Å²) in [6.07, 6.45) is 4.71. The van der Waals surface area contributed by atoms with Gasteiger partial charge in [0.2, 0.25) is 5.91 Å². The first-order chi connectivity index (χ1) is 10.2. The van der Waals surface area contributed by atoms with E-state index in [1.54, 1.807) is 0 Å². The van der Waals surface area contributed by atoms with Crippen LogP contribution in [-0.4, -0.2) is 41.4 Å². The largest absolute Gasteiger partial charge is 0.339 e. The molecule has 21 heavy (non-hydrogen) atoms. The molecule has 1 atom stereocenters. The summed E-state index contributed by atoms with van der Waals surface area (Å²) in [4.78, 5) is 17.0. The zero-order valence-corrected chi connectivity index (χ0v) is 14.2. The zero-order valence-electron chi connectivity index (χ0n) is 12.6. The molecule has 1 aliphatic carbocycles. The number of hydrogen-bond acceptors (Lipinski definition) is 2. The van der Waals surface area contributed by atoms with Crippen molar-refractivity contribution in [3.05, 3.63) is 34.3 Å². The third-order valence-corrected chi connectivity index (χ3v) is 5.08. The first kappa shape index (κ1) is 15.0. The van der Waals surface area contributed by atoms with Crippen molar-refractivity contribution < 1.29 is 4.79 Å². The van der Waals surface area contributed by atoms with E-state index in [1.807, 2.05) is 0 Å². The van der Waals surface area contributed by atoms with Gasteiger partial charge in [0.05, 0.1) is 6.54 Å². The Morgan fingerprint density at radius 1 is 1.38 bits per heavy atom. The van der Waals surface area contributed by atoms with Crippen LogP contribution in [0.4, 0.5) is 0 Å². The lowest BCUT2D eigenvalue weighted by Crippen LogP contribution is -2.41. The second kappa shape index (κ2) is 6.49. The van der Waals surface area contributed by atoms with Gasteiger partial charge in [0, 0.05) is 23.1 Å². The van der Waals surface area contributed by atoms with Gasteiger partial charge < -0.3 is 4.90 Å². The number of carbonyl (C=O) groups excluding carboxylic acids is 1. The van der Waals surface area contributed by atoms with Gasteiger partial charge in [0.25, 0.3) is 0 Å². The van der Waals surface area contributed by atoms with E-state index in [2.05, 4.69) is 56.9 Å². The Kier molecular flexibility index (Phi) is 4.65. The average molecular weight is 351 g/mol.